The molecule has 1 saturated carbocycles. The lowest BCUT2D eigenvalue weighted by atomic mass is 9.83. The summed E-state index contributed by atoms with van der Waals surface area (Å²) in [5, 5.41) is 13.0. The van der Waals surface area contributed by atoms with Crippen LogP contribution in [0.2, 0.25) is 0 Å². The van der Waals surface area contributed by atoms with Crippen LogP contribution in [0.15, 0.2) is 29.1 Å². The van der Waals surface area contributed by atoms with Crippen LogP contribution in [0.5, 0.6) is 0 Å². The fraction of sp³-hybridized carbons (Fsp3) is 0.471. The van der Waals surface area contributed by atoms with Gasteiger partial charge in [-0.2, -0.15) is 0 Å². The van der Waals surface area contributed by atoms with Gasteiger partial charge in [0.25, 0.3) is 5.56 Å². The topological polar surface area (TPSA) is 121 Å². The normalized spacial score (nSPS) is 23.0. The maximum Gasteiger partial charge on any atom is 0.258 e. The molecule has 3 rings (SSSR count). The Morgan fingerprint density at radius 1 is 1.36 bits per heavy atom. The maximum atomic E-state index is 12.2. The van der Waals surface area contributed by atoms with Crippen molar-refractivity contribution < 1.29 is 9.90 Å². The Bertz CT molecular complexity index is 795. The zero-order valence-electron chi connectivity index (χ0n) is 13.8. The third-order valence-corrected chi connectivity index (χ3v) is 4.56. The van der Waals surface area contributed by atoms with E-state index >= 15 is 0 Å². The second kappa shape index (κ2) is 8.42. The van der Waals surface area contributed by atoms with Gasteiger partial charge in [0.05, 0.1) is 17.0 Å². The zero-order chi connectivity index (χ0) is 17.1. The Hall–Kier alpha value is -1.96. The lowest BCUT2D eigenvalue weighted by Crippen LogP contribution is -2.45. The van der Waals surface area contributed by atoms with E-state index in [-0.39, 0.29) is 35.8 Å². The van der Waals surface area contributed by atoms with E-state index in [9.17, 15) is 14.7 Å². The molecule has 1 aromatic carbocycles. The minimum absolute atomic E-state index is 0. The highest BCUT2D eigenvalue weighted by Crippen LogP contribution is 2.23. The van der Waals surface area contributed by atoms with Crippen molar-refractivity contribution in [2.45, 2.75) is 37.8 Å². The summed E-state index contributed by atoms with van der Waals surface area (Å²) in [4.78, 5) is 31.3. The van der Waals surface area contributed by atoms with Gasteiger partial charge in [0.15, 0.2) is 0 Å². The van der Waals surface area contributed by atoms with E-state index in [2.05, 4.69) is 15.3 Å². The van der Waals surface area contributed by atoms with Gasteiger partial charge in [-0.05, 0) is 31.4 Å². The zero-order valence-corrected chi connectivity index (χ0v) is 14.6. The predicted molar refractivity (Wildman–Crippen MR) is 97.6 cm³/mol. The molecule has 0 unspecified atom stereocenters. The summed E-state index contributed by atoms with van der Waals surface area (Å²) in [5.74, 6) is 0.335. The predicted octanol–water partition coefficient (Wildman–Crippen LogP) is 0.492. The lowest BCUT2D eigenvalue weighted by Gasteiger charge is -2.29. The molecule has 1 fully saturated rings. The summed E-state index contributed by atoms with van der Waals surface area (Å²) in [7, 11) is 0. The monoisotopic (exact) mass is 366 g/mol. The first-order valence-corrected chi connectivity index (χ1v) is 8.24. The van der Waals surface area contributed by atoms with Crippen LogP contribution in [-0.2, 0) is 11.2 Å². The number of amides is 1. The van der Waals surface area contributed by atoms with Crippen molar-refractivity contribution in [1.29, 1.82) is 0 Å². The van der Waals surface area contributed by atoms with Gasteiger partial charge in [0.1, 0.15) is 5.82 Å². The second-order valence-corrected chi connectivity index (χ2v) is 6.31. The molecule has 0 aliphatic heterocycles. The van der Waals surface area contributed by atoms with Gasteiger partial charge in [-0.1, -0.05) is 12.1 Å². The number of fused-ring (bicyclic) bond motifs is 1. The van der Waals surface area contributed by atoms with Crippen molar-refractivity contribution >= 4 is 29.2 Å². The molecule has 7 nitrogen and oxygen atoms in total. The number of nitrogens with one attached hydrogen (secondary N) is 2. The van der Waals surface area contributed by atoms with E-state index < -0.39 is 6.10 Å². The summed E-state index contributed by atoms with van der Waals surface area (Å²) in [5.41, 5.74) is 6.29. The van der Waals surface area contributed by atoms with E-state index in [4.69, 9.17) is 5.73 Å². The Balaban J connectivity index is 0.00000225. The minimum Gasteiger partial charge on any atom is -0.392 e. The summed E-state index contributed by atoms with van der Waals surface area (Å²) in [6.07, 6.45) is 1.64. The molecule has 1 amide bonds. The van der Waals surface area contributed by atoms with Gasteiger partial charge in [-0.25, -0.2) is 4.98 Å². The number of carbonyl (C=O) groups excluding carboxylic acids is 1. The number of para-hydroxylation sites is 1. The lowest BCUT2D eigenvalue weighted by molar-refractivity contribution is -0.126. The Morgan fingerprint density at radius 3 is 2.88 bits per heavy atom. The van der Waals surface area contributed by atoms with Crippen molar-refractivity contribution in [3.8, 4) is 0 Å². The summed E-state index contributed by atoms with van der Waals surface area (Å²) in [6.45, 7) is 0.397. The SMILES string of the molecule is Cl.N[C@@H]1C[C@@H](C(=O)NCCc2nc3ccccc3c(=O)[nH]2)CC[C@H]1O. The molecular weight excluding hydrogens is 344 g/mol. The van der Waals surface area contributed by atoms with Crippen LogP contribution in [0.25, 0.3) is 10.9 Å². The van der Waals surface area contributed by atoms with Gasteiger partial charge in [-0.3, -0.25) is 9.59 Å². The fourth-order valence-corrected chi connectivity index (χ4v) is 3.13. The van der Waals surface area contributed by atoms with E-state index in [1.165, 1.54) is 0 Å². The van der Waals surface area contributed by atoms with Crippen LogP contribution in [0, 0.1) is 5.92 Å². The Kier molecular flexibility index (Phi) is 6.52. The first-order valence-electron chi connectivity index (χ1n) is 8.24. The molecule has 0 radical (unpaired) electrons. The molecule has 0 bridgehead atoms. The van der Waals surface area contributed by atoms with Gasteiger partial charge in [0.2, 0.25) is 5.91 Å². The number of halogens is 1. The molecule has 25 heavy (non-hydrogen) atoms. The number of nitrogens with two attached hydrogens (primary N) is 1. The highest BCUT2D eigenvalue weighted by molar-refractivity contribution is 5.85. The molecule has 0 spiro atoms. The molecule has 1 aliphatic carbocycles. The van der Waals surface area contributed by atoms with E-state index in [1.54, 1.807) is 18.2 Å². The first-order chi connectivity index (χ1) is 11.5. The van der Waals surface area contributed by atoms with Crippen LogP contribution in [-0.4, -0.2) is 39.7 Å². The quantitative estimate of drug-likeness (QED) is 0.627. The van der Waals surface area contributed by atoms with Crippen molar-refractivity contribution in [2.24, 2.45) is 11.7 Å². The van der Waals surface area contributed by atoms with Gasteiger partial charge in [-0.15, -0.1) is 12.4 Å². The number of benzene rings is 1. The van der Waals surface area contributed by atoms with E-state index in [1.807, 2.05) is 6.07 Å². The van der Waals surface area contributed by atoms with Crippen LogP contribution in [0.1, 0.15) is 25.1 Å². The number of hydrogen-bond acceptors (Lipinski definition) is 5. The molecule has 0 saturated heterocycles. The highest BCUT2D eigenvalue weighted by Gasteiger charge is 2.30. The number of carbonyl (C=O) groups is 1. The highest BCUT2D eigenvalue weighted by atomic mass is 35.5. The number of H-pyrrole nitrogens is 1. The van der Waals surface area contributed by atoms with Crippen LogP contribution >= 0.6 is 12.4 Å². The number of aliphatic hydroxyl groups is 1. The summed E-state index contributed by atoms with van der Waals surface area (Å²) < 4.78 is 0. The summed E-state index contributed by atoms with van der Waals surface area (Å²) in [6, 6.07) is 6.81. The van der Waals surface area contributed by atoms with Crippen molar-refractivity contribution in [1.82, 2.24) is 15.3 Å². The van der Waals surface area contributed by atoms with Crippen LogP contribution in [0.3, 0.4) is 0 Å². The van der Waals surface area contributed by atoms with Crippen molar-refractivity contribution in [3.05, 3.63) is 40.4 Å². The van der Waals surface area contributed by atoms with Crippen LogP contribution in [0.4, 0.5) is 0 Å². The molecule has 1 aliphatic rings. The molecule has 1 heterocycles. The van der Waals surface area contributed by atoms with Crippen molar-refractivity contribution in [3.63, 3.8) is 0 Å². The molecule has 136 valence electrons. The Labute approximate surface area is 151 Å². The van der Waals surface area contributed by atoms with Gasteiger partial charge < -0.3 is 21.1 Å². The number of aromatic amines is 1. The van der Waals surface area contributed by atoms with E-state index in [0.29, 0.717) is 49.0 Å². The molecular formula is C17H23ClN4O3. The number of hydrogen-bond donors (Lipinski definition) is 4. The molecule has 8 heteroatoms. The van der Waals surface area contributed by atoms with Crippen LogP contribution < -0.4 is 16.6 Å². The second-order valence-electron chi connectivity index (χ2n) is 6.31. The average molecular weight is 367 g/mol. The van der Waals surface area contributed by atoms with Crippen molar-refractivity contribution in [2.75, 3.05) is 6.54 Å². The number of aliphatic hydroxyl groups excluding tert-OH is 1. The largest absolute Gasteiger partial charge is 0.392 e. The number of rotatable bonds is 4. The average Bonchev–Trinajstić information content (AvgIpc) is 2.57. The van der Waals surface area contributed by atoms with Gasteiger partial charge in [0, 0.05) is 24.9 Å². The standard InChI is InChI=1S/C17H22N4O3.ClH/c18-12-9-10(5-6-14(12)22)16(23)19-8-7-15-20-13-4-2-1-3-11(13)17(24)21-15;/h1-4,10,12,14,22H,5-9,18H2,(H,19,23)(H,20,21,24);1H/t10-,12+,14+;/m0./s1. The molecule has 1 aromatic heterocycles. The molecule has 2 aromatic rings. The number of nitrogens with zero attached hydrogens (tertiary/aromatic N) is 1. The number of aromatic nitrogens is 2. The summed E-state index contributed by atoms with van der Waals surface area (Å²) >= 11 is 0. The Morgan fingerprint density at radius 2 is 2.12 bits per heavy atom. The molecule has 3 atom stereocenters. The third-order valence-electron chi connectivity index (χ3n) is 4.56. The van der Waals surface area contributed by atoms with E-state index in [0.717, 1.165) is 0 Å². The minimum atomic E-state index is -0.513. The van der Waals surface area contributed by atoms with Gasteiger partial charge >= 0.3 is 0 Å². The fourth-order valence-electron chi connectivity index (χ4n) is 3.13. The third kappa shape index (κ3) is 4.56. The first kappa shape index (κ1) is 19.4. The smallest absolute Gasteiger partial charge is 0.258 e. The maximum absolute atomic E-state index is 12.2. The molecule has 5 N–H and O–H groups in total.